The lowest BCUT2D eigenvalue weighted by atomic mass is 9.43. The van der Waals surface area contributed by atoms with Crippen LogP contribution in [-0.2, 0) is 19.0 Å². The molecule has 6 fully saturated rings. The highest BCUT2D eigenvalue weighted by atomic mass is 16.7. The van der Waals surface area contributed by atoms with E-state index in [1.165, 1.54) is 6.42 Å². The molecule has 0 aromatic carbocycles. The van der Waals surface area contributed by atoms with Crippen molar-refractivity contribution in [2.75, 3.05) is 19.7 Å². The molecule has 2 N–H and O–H groups in total. The molecule has 8 heteroatoms. The van der Waals surface area contributed by atoms with Crippen molar-refractivity contribution in [2.45, 2.75) is 51.8 Å². The largest absolute Gasteiger partial charge is 0.613 e. The molecule has 0 spiro atoms. The highest BCUT2D eigenvalue weighted by molar-refractivity contribution is 6.64. The summed E-state index contributed by atoms with van der Waals surface area (Å²) >= 11 is 0. The second kappa shape index (κ2) is 4.90. The lowest BCUT2D eigenvalue weighted by Crippen LogP contribution is -2.81. The second-order valence-electron chi connectivity index (χ2n) is 10.0. The van der Waals surface area contributed by atoms with E-state index in [1.54, 1.807) is 0 Å². The summed E-state index contributed by atoms with van der Waals surface area (Å²) in [4.78, 5) is 25.0. The van der Waals surface area contributed by atoms with Gasteiger partial charge in [0.25, 0.3) is 5.97 Å². The van der Waals surface area contributed by atoms with E-state index >= 15 is 0 Å². The van der Waals surface area contributed by atoms with Crippen LogP contribution >= 0.6 is 0 Å². The number of aliphatic hydroxyl groups is 1. The molecule has 0 aromatic heterocycles. The summed E-state index contributed by atoms with van der Waals surface area (Å²) in [6.45, 7) is 4.38. The van der Waals surface area contributed by atoms with Crippen LogP contribution in [0.25, 0.3) is 0 Å². The highest BCUT2D eigenvalue weighted by Gasteiger charge is 2.76. The first-order chi connectivity index (χ1) is 12.2. The molecule has 3 aliphatic carbocycles. The Morgan fingerprint density at radius 2 is 2.04 bits per heavy atom. The lowest BCUT2D eigenvalue weighted by molar-refractivity contribution is -0.872. The number of ether oxygens (including phenoxy) is 1. The maximum atomic E-state index is 12.6. The minimum atomic E-state index is -2.71. The van der Waals surface area contributed by atoms with Gasteiger partial charge in [-0.15, -0.1) is 0 Å². The van der Waals surface area contributed by atoms with E-state index < -0.39 is 30.7 Å². The molecule has 3 saturated carbocycles. The fourth-order valence-electron chi connectivity index (χ4n) is 7.13. The molecule has 5 unspecified atom stereocenters. The first kappa shape index (κ1) is 17.2. The summed E-state index contributed by atoms with van der Waals surface area (Å²) < 4.78 is 11.2. The minimum Gasteiger partial charge on any atom is -0.613 e. The monoisotopic (exact) mass is 365 g/mol. The molecular weight excluding hydrogens is 337 g/mol. The Morgan fingerprint density at radius 1 is 1.31 bits per heavy atom. The van der Waals surface area contributed by atoms with Gasteiger partial charge in [-0.25, -0.2) is 0 Å². The van der Waals surface area contributed by atoms with Crippen molar-refractivity contribution in [1.29, 1.82) is 0 Å². The average Bonchev–Trinajstić information content (AvgIpc) is 3.30. The van der Waals surface area contributed by atoms with Crippen molar-refractivity contribution in [3.05, 3.63) is 0 Å². The first-order valence-corrected chi connectivity index (χ1v) is 9.91. The van der Waals surface area contributed by atoms with Gasteiger partial charge < -0.3 is 23.9 Å². The second-order valence-corrected chi connectivity index (χ2v) is 10.0. The number of nitrogens with zero attached hydrogens (tertiary/aromatic N) is 1. The Bertz CT molecular complexity index is 699. The fourth-order valence-corrected chi connectivity index (χ4v) is 7.13. The van der Waals surface area contributed by atoms with Crippen molar-refractivity contribution in [2.24, 2.45) is 29.1 Å². The Kier molecular flexibility index (Phi) is 3.24. The van der Waals surface area contributed by atoms with Crippen LogP contribution < -0.4 is 0 Å². The number of carbonyl (C=O) groups is 2. The molecule has 26 heavy (non-hydrogen) atoms. The summed E-state index contributed by atoms with van der Waals surface area (Å²) in [5.41, 5.74) is 0.290. The smallest absolute Gasteiger partial charge is 0.556 e. The van der Waals surface area contributed by atoms with Crippen molar-refractivity contribution in [3.8, 4) is 0 Å². The molecule has 3 saturated heterocycles. The molecule has 3 aliphatic heterocycles. The molecule has 6 rings (SSSR count). The molecule has 0 amide bonds. The SMILES string of the molecule is C[C@@H]1C2C[C@@H](CC1[N@+]13CC(=O)C(C1)C(=O)O[B-]3(O)C1O[C@H]1CO)C2(C)C. The number of hydrogen-bond acceptors (Lipinski definition) is 6. The molecule has 4 bridgehead atoms. The van der Waals surface area contributed by atoms with Gasteiger partial charge in [0, 0.05) is 5.92 Å². The van der Waals surface area contributed by atoms with E-state index in [0.717, 1.165) is 6.42 Å². The van der Waals surface area contributed by atoms with Crippen molar-refractivity contribution >= 4 is 18.4 Å². The molecule has 144 valence electrons. The number of carbonyl (C=O) groups excluding carboxylic acids is 2. The zero-order valence-electron chi connectivity index (χ0n) is 15.6. The van der Waals surface area contributed by atoms with Gasteiger partial charge >= 0.3 is 6.69 Å². The minimum absolute atomic E-state index is 0.0855. The van der Waals surface area contributed by atoms with Gasteiger partial charge in [-0.2, -0.15) is 0 Å². The number of epoxide rings is 1. The average molecular weight is 365 g/mol. The standard InChI is InChI=1S/C18H28BNO6/c1-9-12-4-10(18(12,2)3)5-13(9)20-6-11(14(22)7-20)17(23)26-19(20,24)16-15(8-21)25-16/h9-13,15-16,21,24H,4-8H2,1-3H3/t9-,10+,11?,12?,13?,15+,16?,19?,20-/m1/s1. The van der Waals surface area contributed by atoms with Crippen LogP contribution in [0.15, 0.2) is 0 Å². The maximum absolute atomic E-state index is 12.6. The Labute approximate surface area is 153 Å². The Hall–Kier alpha value is -0.955. The van der Waals surface area contributed by atoms with Gasteiger partial charge in [0.15, 0.2) is 5.92 Å². The van der Waals surface area contributed by atoms with Gasteiger partial charge in [0.2, 0.25) is 5.78 Å². The Balaban J connectivity index is 1.56. The van der Waals surface area contributed by atoms with E-state index in [4.69, 9.17) is 9.39 Å². The summed E-state index contributed by atoms with van der Waals surface area (Å²) in [6, 6.07) is -0.614. The fraction of sp³-hybridized carbons (Fsp3) is 0.889. The first-order valence-electron chi connectivity index (χ1n) is 9.91. The zero-order valence-corrected chi connectivity index (χ0v) is 15.6. The summed E-state index contributed by atoms with van der Waals surface area (Å²) in [7, 11) is 0. The quantitative estimate of drug-likeness (QED) is 0.411. The van der Waals surface area contributed by atoms with Crippen LogP contribution in [0, 0.1) is 29.1 Å². The predicted octanol–water partition coefficient (Wildman–Crippen LogP) is -0.140. The van der Waals surface area contributed by atoms with Crippen molar-refractivity contribution < 1.29 is 33.5 Å². The molecule has 9 atom stereocenters. The van der Waals surface area contributed by atoms with Crippen molar-refractivity contribution in [1.82, 2.24) is 0 Å². The van der Waals surface area contributed by atoms with E-state index in [2.05, 4.69) is 20.8 Å². The van der Waals surface area contributed by atoms with E-state index in [-0.39, 0.29) is 29.4 Å². The number of ketones is 1. The molecule has 3 heterocycles. The van der Waals surface area contributed by atoms with Gasteiger partial charge in [0.1, 0.15) is 6.54 Å². The van der Waals surface area contributed by atoms with Crippen LogP contribution in [0.2, 0.25) is 0 Å². The van der Waals surface area contributed by atoms with Crippen LogP contribution in [0.4, 0.5) is 0 Å². The number of aliphatic hydroxyl groups excluding tert-OH is 1. The highest BCUT2D eigenvalue weighted by Crippen LogP contribution is 2.64. The predicted molar refractivity (Wildman–Crippen MR) is 91.3 cm³/mol. The topological polar surface area (TPSA) is 96.4 Å². The van der Waals surface area contributed by atoms with Crippen LogP contribution in [0.3, 0.4) is 0 Å². The molecule has 0 aromatic rings. The number of Topliss-reactive ketones (excluding diaryl/α,β-unsaturated/α-hetero) is 1. The molecule has 0 radical (unpaired) electrons. The van der Waals surface area contributed by atoms with E-state index in [1.807, 2.05) is 0 Å². The van der Waals surface area contributed by atoms with Gasteiger partial charge in [-0.05, 0) is 30.1 Å². The van der Waals surface area contributed by atoms with Crippen LogP contribution in [0.1, 0.15) is 33.6 Å². The van der Waals surface area contributed by atoms with E-state index in [0.29, 0.717) is 29.7 Å². The molecular formula is C18H28BNO6. The third-order valence-corrected chi connectivity index (χ3v) is 8.88. The van der Waals surface area contributed by atoms with E-state index in [9.17, 15) is 19.7 Å². The lowest BCUT2D eigenvalue weighted by Gasteiger charge is -2.69. The normalized spacial score (nSPS) is 56.7. The third kappa shape index (κ3) is 1.79. The third-order valence-electron chi connectivity index (χ3n) is 8.88. The van der Waals surface area contributed by atoms with Crippen LogP contribution in [0.5, 0.6) is 0 Å². The number of fused-ring (bicyclic) bond motifs is 5. The van der Waals surface area contributed by atoms with Gasteiger partial charge in [-0.1, -0.05) is 20.8 Å². The molecule has 7 nitrogen and oxygen atoms in total. The summed E-state index contributed by atoms with van der Waals surface area (Å²) in [6.07, 6.45) is 1.62. The van der Waals surface area contributed by atoms with Crippen LogP contribution in [-0.4, -0.2) is 70.8 Å². The number of rotatable bonds is 3. The summed E-state index contributed by atoms with van der Waals surface area (Å²) in [5, 5.41) is 21.1. The molecule has 6 aliphatic rings. The number of quaternary nitrogens is 1. The zero-order chi connectivity index (χ0) is 18.6. The van der Waals surface area contributed by atoms with Gasteiger partial charge in [-0.3, -0.25) is 9.59 Å². The van der Waals surface area contributed by atoms with Gasteiger partial charge in [0.05, 0.1) is 31.3 Å². The van der Waals surface area contributed by atoms with Crippen molar-refractivity contribution in [3.63, 3.8) is 0 Å². The maximum Gasteiger partial charge on any atom is 0.556 e. The summed E-state index contributed by atoms with van der Waals surface area (Å²) in [5.74, 6) is -0.0502. The Morgan fingerprint density at radius 3 is 2.62 bits per heavy atom. The number of hydrogen-bond donors (Lipinski definition) is 2.